The molecule has 328 valence electrons. The van der Waals surface area contributed by atoms with Gasteiger partial charge in [-0.3, -0.25) is 17.3 Å². The smallest absolute Gasteiger partial charge is 0.726 e. The van der Waals surface area contributed by atoms with Gasteiger partial charge < -0.3 is 38.7 Å². The number of hydrogen-bond donors (Lipinski definition) is 3. The van der Waals surface area contributed by atoms with Gasteiger partial charge in [0.05, 0.1) is 24.9 Å². The van der Waals surface area contributed by atoms with Gasteiger partial charge in [-0.2, -0.15) is 0 Å². The normalized spacial score (nSPS) is 38.3. The Morgan fingerprint density at radius 3 is 2.15 bits per heavy atom. The van der Waals surface area contributed by atoms with Gasteiger partial charge in [0.2, 0.25) is 37.1 Å². The standard InChI is InChI=1S/C36H59NO17S3.3Na/c1-19(21(3)33(40)37-15-16-50-55(41,42)43)7-8-20(2)25-9-10-26-24-18-29(52-34-31(39)30(38)32(22(4)51-34)54-57(47,48)49)28-17-23(53-56(44,45)46)11-13-36(28,6)27(24)12-14-35(25,26)5;;;/h7-8,12,19-26,28-32,34,38-39H,9-11,13-18H2,1-6H3,(H,37,40)(H,41,42,43)(H,44,45,46)(H,47,48,49);;;/q;3*+1/p-3/b8-7+;;;/t19-,20-,21-,22?,23+,24+,25-,26+,28-,29+,30?,31?,32-,34+,35-,36-;;;/m1.../s1. The van der Waals surface area contributed by atoms with Gasteiger partial charge in [0.25, 0.3) is 0 Å². The minimum atomic E-state index is -5.25. The minimum Gasteiger partial charge on any atom is -0.726 e. The summed E-state index contributed by atoms with van der Waals surface area (Å²) in [5.41, 5.74) is 0.580. The second kappa shape index (κ2) is 22.5. The van der Waals surface area contributed by atoms with Crippen molar-refractivity contribution in [3.63, 3.8) is 0 Å². The molecule has 0 bridgehead atoms. The number of allylic oxidation sites excluding steroid dienone is 4. The molecule has 4 aliphatic carbocycles. The summed E-state index contributed by atoms with van der Waals surface area (Å²) in [5.74, 6) is -0.675. The minimum absolute atomic E-state index is 0. The number of ether oxygens (including phenoxy) is 2. The molecule has 60 heavy (non-hydrogen) atoms. The Hall–Kier alpha value is 1.40. The topological polar surface area (TPSA) is 287 Å². The number of fused-ring (bicyclic) bond motifs is 5. The number of amides is 1. The maximum Gasteiger partial charge on any atom is 1.00 e. The van der Waals surface area contributed by atoms with Crippen LogP contribution in [0, 0.1) is 52.3 Å². The molecule has 0 aromatic rings. The maximum atomic E-state index is 12.7. The van der Waals surface area contributed by atoms with Crippen molar-refractivity contribution >= 4 is 37.1 Å². The SMILES string of the molecule is CC1O[C@@H](O[C@H]2C[C@@H]3C(=CC[C@]4(C)[C@@H]([C@H](C)/C=C/[C@@H](C)[C@@H](C)C(=O)NCCOS(=O)(=O)[O-])CC[C@@H]34)[C@@]3(C)CC[C@H](OS(=O)(=O)[O-])C[C@H]23)C(O)C(O)[C@@H]1OS(=O)(=O)[O-].[Na+].[Na+].[Na+]. The average Bonchev–Trinajstić information content (AvgIpc) is 3.45. The molecule has 0 spiro atoms. The summed E-state index contributed by atoms with van der Waals surface area (Å²) < 4.78 is 127. The molecule has 5 rings (SSSR count). The summed E-state index contributed by atoms with van der Waals surface area (Å²) in [6, 6.07) is 0. The van der Waals surface area contributed by atoms with Crippen molar-refractivity contribution in [2.75, 3.05) is 13.2 Å². The molecule has 1 heterocycles. The number of aliphatic hydroxyl groups is 2. The number of nitrogens with one attached hydrogen (secondary N) is 1. The van der Waals surface area contributed by atoms with Crippen molar-refractivity contribution in [2.24, 2.45) is 52.3 Å². The quantitative estimate of drug-likeness (QED) is 0.0452. The Labute approximate surface area is 421 Å². The van der Waals surface area contributed by atoms with Crippen LogP contribution in [-0.4, -0.2) is 111 Å². The molecule has 4 fully saturated rings. The van der Waals surface area contributed by atoms with Crippen molar-refractivity contribution in [1.29, 1.82) is 0 Å². The van der Waals surface area contributed by atoms with Crippen molar-refractivity contribution < 1.29 is 165 Å². The third kappa shape index (κ3) is 13.7. The molecule has 16 atom stereocenters. The largest absolute Gasteiger partial charge is 1.00 e. The van der Waals surface area contributed by atoms with Crippen LogP contribution in [-0.2, 0) is 58.0 Å². The second-order valence-electron chi connectivity index (χ2n) is 17.2. The summed E-state index contributed by atoms with van der Waals surface area (Å²) >= 11 is 0. The van der Waals surface area contributed by atoms with Crippen LogP contribution in [0.4, 0.5) is 0 Å². The Bertz CT molecular complexity index is 1870. The first-order chi connectivity index (χ1) is 26.2. The van der Waals surface area contributed by atoms with Gasteiger partial charge in [-0.1, -0.05) is 58.4 Å². The first-order valence-corrected chi connectivity index (χ1v) is 23.5. The van der Waals surface area contributed by atoms with E-state index in [4.69, 9.17) is 13.7 Å². The fourth-order valence-electron chi connectivity index (χ4n) is 10.7. The number of carbonyl (C=O) groups is 1. The number of carbonyl (C=O) groups excluding carboxylic acids is 1. The zero-order valence-corrected chi connectivity index (χ0v) is 44.4. The summed E-state index contributed by atoms with van der Waals surface area (Å²) in [4.78, 5) is 12.7. The Morgan fingerprint density at radius 1 is 0.917 bits per heavy atom. The first-order valence-electron chi connectivity index (χ1n) is 19.5. The molecule has 1 amide bonds. The predicted molar refractivity (Wildman–Crippen MR) is 196 cm³/mol. The molecule has 3 saturated carbocycles. The van der Waals surface area contributed by atoms with Crippen LogP contribution in [0.2, 0.25) is 0 Å². The van der Waals surface area contributed by atoms with Gasteiger partial charge in [-0.05, 0) is 98.2 Å². The molecule has 1 saturated heterocycles. The van der Waals surface area contributed by atoms with E-state index in [9.17, 15) is 53.9 Å². The summed E-state index contributed by atoms with van der Waals surface area (Å²) in [7, 11) is -15.1. The molecule has 3 N–H and O–H groups in total. The predicted octanol–water partition coefficient (Wildman–Crippen LogP) is -7.21. The van der Waals surface area contributed by atoms with Gasteiger partial charge in [0, 0.05) is 12.5 Å². The zero-order chi connectivity index (χ0) is 42.5. The molecular weight excluding hydrogens is 884 g/mol. The molecule has 3 unspecified atom stereocenters. The van der Waals surface area contributed by atoms with Crippen molar-refractivity contribution in [2.45, 2.75) is 129 Å². The molecule has 18 nitrogen and oxygen atoms in total. The second-order valence-corrected chi connectivity index (χ2v) is 20.2. The zero-order valence-electron chi connectivity index (χ0n) is 35.9. The number of rotatable bonds is 15. The van der Waals surface area contributed by atoms with Crippen molar-refractivity contribution in [3.05, 3.63) is 23.8 Å². The van der Waals surface area contributed by atoms with Gasteiger partial charge in [0.15, 0.2) is 6.29 Å². The van der Waals surface area contributed by atoms with Crippen LogP contribution in [0.1, 0.15) is 86.5 Å². The van der Waals surface area contributed by atoms with E-state index in [2.05, 4.69) is 46.6 Å². The van der Waals surface area contributed by atoms with Gasteiger partial charge in [0.1, 0.15) is 18.3 Å². The van der Waals surface area contributed by atoms with E-state index in [-0.39, 0.29) is 143 Å². The van der Waals surface area contributed by atoms with E-state index in [1.54, 1.807) is 6.92 Å². The Morgan fingerprint density at radius 2 is 1.55 bits per heavy atom. The van der Waals surface area contributed by atoms with Crippen LogP contribution >= 0.6 is 0 Å². The average molecular weight is 940 g/mol. The molecule has 0 aromatic carbocycles. The van der Waals surface area contributed by atoms with Crippen LogP contribution in [0.25, 0.3) is 0 Å². The molecule has 24 heteroatoms. The molecule has 0 radical (unpaired) electrons. The Kier molecular flexibility index (Phi) is 21.5. The fraction of sp³-hybridized carbons (Fsp3) is 0.861. The van der Waals surface area contributed by atoms with Crippen molar-refractivity contribution in [1.82, 2.24) is 5.32 Å². The van der Waals surface area contributed by atoms with Gasteiger partial charge in [-0.25, -0.2) is 25.3 Å². The van der Waals surface area contributed by atoms with Gasteiger partial charge in [-0.15, -0.1) is 0 Å². The molecule has 1 aliphatic heterocycles. The van der Waals surface area contributed by atoms with Gasteiger partial charge >= 0.3 is 88.7 Å². The van der Waals surface area contributed by atoms with E-state index in [0.29, 0.717) is 19.3 Å². The van der Waals surface area contributed by atoms with Crippen LogP contribution in [0.5, 0.6) is 0 Å². The van der Waals surface area contributed by atoms with E-state index in [1.807, 2.05) is 13.0 Å². The monoisotopic (exact) mass is 939 g/mol. The summed E-state index contributed by atoms with van der Waals surface area (Å²) in [6.45, 7) is 11.0. The summed E-state index contributed by atoms with van der Waals surface area (Å²) in [5, 5.41) is 24.5. The molecule has 5 aliphatic rings. The summed E-state index contributed by atoms with van der Waals surface area (Å²) in [6.07, 6.45) is 0.937. The van der Waals surface area contributed by atoms with Crippen LogP contribution < -0.4 is 94.0 Å². The van der Waals surface area contributed by atoms with E-state index >= 15 is 0 Å². The van der Waals surface area contributed by atoms with Crippen molar-refractivity contribution in [3.8, 4) is 0 Å². The number of hydrogen-bond acceptors (Lipinski definition) is 17. The number of aliphatic hydroxyl groups excluding tert-OH is 2. The third-order valence-electron chi connectivity index (χ3n) is 13.8. The Balaban J connectivity index is 0.00000413. The first kappa shape index (κ1) is 57.5. The van der Waals surface area contributed by atoms with E-state index in [1.165, 1.54) is 12.5 Å². The van der Waals surface area contributed by atoms with Crippen LogP contribution in [0.15, 0.2) is 23.8 Å². The maximum absolute atomic E-state index is 12.7. The molecular formula is C36H56NNa3O17S3. The van der Waals surface area contributed by atoms with Crippen LogP contribution in [0.3, 0.4) is 0 Å². The third-order valence-corrected chi connectivity index (χ3v) is 15.2. The fourth-order valence-corrected chi connectivity index (χ4v) is 12.1. The van der Waals surface area contributed by atoms with E-state index < -0.39 is 98.0 Å². The van der Waals surface area contributed by atoms with E-state index in [0.717, 1.165) is 19.3 Å². The molecule has 0 aromatic heterocycles.